The van der Waals surface area contributed by atoms with Gasteiger partial charge in [0, 0.05) is 5.92 Å². The van der Waals surface area contributed by atoms with Gasteiger partial charge in [-0.2, -0.15) is 0 Å². The van der Waals surface area contributed by atoms with Crippen LogP contribution in [0.5, 0.6) is 0 Å². The monoisotopic (exact) mass is 358 g/mol. The molecule has 0 heterocycles. The number of halogens is 2. The predicted octanol–water partition coefficient (Wildman–Crippen LogP) is 6.90. The Labute approximate surface area is 157 Å². The Morgan fingerprint density at radius 1 is 0.846 bits per heavy atom. The number of hydrogen-bond donors (Lipinski definition) is 0. The van der Waals surface area contributed by atoms with Crippen LogP contribution in [0.2, 0.25) is 0 Å². The van der Waals surface area contributed by atoms with E-state index in [1.54, 1.807) is 12.1 Å². The molecule has 2 heteroatoms. The summed E-state index contributed by atoms with van der Waals surface area (Å²) in [5.41, 5.74) is 0.631. The van der Waals surface area contributed by atoms with Crippen molar-refractivity contribution in [3.63, 3.8) is 0 Å². The maximum Gasteiger partial charge on any atom is 0.174 e. The molecule has 0 saturated heterocycles. The molecule has 3 rings (SSSR count). The lowest BCUT2D eigenvalue weighted by atomic mass is 9.69. The average molecular weight is 359 g/mol. The van der Waals surface area contributed by atoms with Crippen molar-refractivity contribution >= 4 is 0 Å². The number of benzene rings is 1. The van der Waals surface area contributed by atoms with Gasteiger partial charge in [-0.1, -0.05) is 51.0 Å². The van der Waals surface area contributed by atoms with Gasteiger partial charge in [-0.25, -0.2) is 8.78 Å². The minimum absolute atomic E-state index is 0.208. The van der Waals surface area contributed by atoms with Gasteiger partial charge < -0.3 is 0 Å². The molecular formula is C24H32F2. The largest absolute Gasteiger partial charge is 0.203 e. The summed E-state index contributed by atoms with van der Waals surface area (Å²) in [5, 5.41) is 0. The first-order valence-corrected chi connectivity index (χ1v) is 10.6. The molecule has 142 valence electrons. The van der Waals surface area contributed by atoms with E-state index in [0.717, 1.165) is 30.6 Å². The normalized spacial score (nSPS) is 29.1. The van der Waals surface area contributed by atoms with Crippen LogP contribution in [0.3, 0.4) is 0 Å². The Balaban J connectivity index is 1.54. The highest BCUT2D eigenvalue weighted by Crippen LogP contribution is 2.41. The molecule has 0 N–H and O–H groups in total. The van der Waals surface area contributed by atoms with Crippen LogP contribution in [0.1, 0.15) is 82.8 Å². The second-order valence-electron chi connectivity index (χ2n) is 8.32. The van der Waals surface area contributed by atoms with Crippen molar-refractivity contribution < 1.29 is 8.78 Å². The van der Waals surface area contributed by atoms with E-state index < -0.39 is 11.6 Å². The lowest BCUT2D eigenvalue weighted by Gasteiger charge is -2.36. The van der Waals surface area contributed by atoms with Crippen molar-refractivity contribution in [2.75, 3.05) is 0 Å². The van der Waals surface area contributed by atoms with Crippen LogP contribution in [0.4, 0.5) is 8.78 Å². The number of rotatable bonds is 3. The lowest BCUT2D eigenvalue weighted by molar-refractivity contribution is 0.156. The van der Waals surface area contributed by atoms with Crippen molar-refractivity contribution in [1.29, 1.82) is 0 Å². The molecule has 0 nitrogen and oxygen atoms in total. The van der Waals surface area contributed by atoms with E-state index in [4.69, 9.17) is 0 Å². The van der Waals surface area contributed by atoms with Gasteiger partial charge in [-0.05, 0) is 74.3 Å². The first kappa shape index (κ1) is 19.4. The molecule has 0 aromatic heterocycles. The minimum atomic E-state index is -0.779. The van der Waals surface area contributed by atoms with Gasteiger partial charge in [-0.15, -0.1) is 0 Å². The van der Waals surface area contributed by atoms with E-state index in [1.807, 2.05) is 6.92 Å². The molecule has 2 aliphatic carbocycles. The molecule has 0 radical (unpaired) electrons. The van der Waals surface area contributed by atoms with Crippen LogP contribution < -0.4 is 0 Å². The zero-order valence-corrected chi connectivity index (χ0v) is 16.3. The second kappa shape index (κ2) is 9.03. The highest BCUT2D eigenvalue weighted by atomic mass is 19.2. The molecule has 0 aliphatic heterocycles. The average Bonchev–Trinajstić information content (AvgIpc) is 2.70. The summed E-state index contributed by atoms with van der Waals surface area (Å²) in [4.78, 5) is 0. The Morgan fingerprint density at radius 2 is 1.46 bits per heavy atom. The zero-order chi connectivity index (χ0) is 18.5. The van der Waals surface area contributed by atoms with Crippen LogP contribution in [-0.4, -0.2) is 0 Å². The van der Waals surface area contributed by atoms with Gasteiger partial charge >= 0.3 is 0 Å². The minimum Gasteiger partial charge on any atom is -0.203 e. The summed E-state index contributed by atoms with van der Waals surface area (Å²) in [6.45, 7) is 4.15. The van der Waals surface area contributed by atoms with E-state index in [0.29, 0.717) is 17.9 Å². The van der Waals surface area contributed by atoms with Crippen molar-refractivity contribution in [1.82, 2.24) is 0 Å². The molecule has 0 unspecified atom stereocenters. The van der Waals surface area contributed by atoms with E-state index in [9.17, 15) is 8.78 Å². The zero-order valence-electron chi connectivity index (χ0n) is 16.3. The summed E-state index contributed by atoms with van der Waals surface area (Å²) in [5.74, 6) is 7.72. The van der Waals surface area contributed by atoms with Gasteiger partial charge in [0.15, 0.2) is 11.6 Å². The van der Waals surface area contributed by atoms with Gasteiger partial charge in [0.25, 0.3) is 0 Å². The Bertz CT molecular complexity index is 651. The molecule has 0 spiro atoms. The number of aryl methyl sites for hydroxylation is 1. The molecule has 0 amide bonds. The quantitative estimate of drug-likeness (QED) is 0.515. The summed E-state index contributed by atoms with van der Waals surface area (Å²) in [6, 6.07) is 3.29. The first-order valence-electron chi connectivity index (χ1n) is 10.6. The highest BCUT2D eigenvalue weighted by Gasteiger charge is 2.30. The Hall–Kier alpha value is -1.36. The summed E-state index contributed by atoms with van der Waals surface area (Å²) < 4.78 is 28.0. The van der Waals surface area contributed by atoms with Crippen LogP contribution >= 0.6 is 0 Å². The van der Waals surface area contributed by atoms with Crippen LogP contribution in [-0.2, 0) is 6.42 Å². The maximum atomic E-state index is 14.1. The molecule has 0 bridgehead atoms. The lowest BCUT2D eigenvalue weighted by Crippen LogP contribution is -2.25. The molecule has 2 aliphatic rings. The second-order valence-corrected chi connectivity index (χ2v) is 8.32. The molecular weight excluding hydrogens is 326 g/mol. The van der Waals surface area contributed by atoms with Crippen molar-refractivity contribution in [2.24, 2.45) is 23.7 Å². The van der Waals surface area contributed by atoms with Gasteiger partial charge in [0.2, 0.25) is 0 Å². The fourth-order valence-corrected chi connectivity index (χ4v) is 4.94. The highest BCUT2D eigenvalue weighted by molar-refractivity contribution is 5.39. The van der Waals surface area contributed by atoms with Crippen LogP contribution in [0.15, 0.2) is 12.1 Å². The van der Waals surface area contributed by atoms with Gasteiger partial charge in [-0.3, -0.25) is 0 Å². The van der Waals surface area contributed by atoms with Crippen molar-refractivity contribution in [3.8, 4) is 11.8 Å². The first-order chi connectivity index (χ1) is 12.6. The van der Waals surface area contributed by atoms with Gasteiger partial charge in [0.1, 0.15) is 0 Å². The molecule has 0 atom stereocenters. The topological polar surface area (TPSA) is 0 Å². The maximum absolute atomic E-state index is 14.1. The SMILES string of the molecule is CCc1ccc(C#CC2CCC([C@H]3CC[C@H](CC)CC3)CC2)c(F)c1F. The molecule has 1 aromatic rings. The Kier molecular flexibility index (Phi) is 6.74. The van der Waals surface area contributed by atoms with E-state index in [-0.39, 0.29) is 5.56 Å². The fourth-order valence-electron chi connectivity index (χ4n) is 4.94. The molecule has 1 aromatic carbocycles. The molecule has 2 saturated carbocycles. The molecule has 2 fully saturated rings. The summed E-state index contributed by atoms with van der Waals surface area (Å²) in [6.07, 6.45) is 12.2. The number of hydrogen-bond acceptors (Lipinski definition) is 0. The van der Waals surface area contributed by atoms with E-state index in [2.05, 4.69) is 18.8 Å². The summed E-state index contributed by atoms with van der Waals surface area (Å²) >= 11 is 0. The van der Waals surface area contributed by atoms with Crippen molar-refractivity contribution in [3.05, 3.63) is 34.9 Å². The smallest absolute Gasteiger partial charge is 0.174 e. The third-order valence-electron chi connectivity index (χ3n) is 6.86. The summed E-state index contributed by atoms with van der Waals surface area (Å²) in [7, 11) is 0. The Morgan fingerprint density at radius 3 is 2.04 bits per heavy atom. The third-order valence-corrected chi connectivity index (χ3v) is 6.86. The van der Waals surface area contributed by atoms with Gasteiger partial charge in [0.05, 0.1) is 5.56 Å². The molecule has 26 heavy (non-hydrogen) atoms. The standard InChI is InChI=1S/C24H32F2/c1-3-17-5-10-20(11-6-17)21-12-7-18(8-13-21)9-14-22-16-15-19(4-2)23(25)24(22)26/h15-18,20-21H,3-8,10-13H2,1-2H3/t17-,18?,20-,21?. The van der Waals surface area contributed by atoms with E-state index in [1.165, 1.54) is 44.9 Å². The van der Waals surface area contributed by atoms with Crippen molar-refractivity contribution in [2.45, 2.75) is 78.1 Å². The van der Waals surface area contributed by atoms with Crippen LogP contribution in [0.25, 0.3) is 0 Å². The van der Waals surface area contributed by atoms with E-state index >= 15 is 0 Å². The fraction of sp³-hybridized carbons (Fsp3) is 0.667. The predicted molar refractivity (Wildman–Crippen MR) is 104 cm³/mol. The van der Waals surface area contributed by atoms with Crippen LogP contribution in [0, 0.1) is 47.1 Å². The third kappa shape index (κ3) is 4.48.